The number of anilines is 1. The van der Waals surface area contributed by atoms with Crippen LogP contribution in [0.25, 0.3) is 0 Å². The van der Waals surface area contributed by atoms with Gasteiger partial charge in [-0.05, 0) is 37.7 Å². The maximum atomic E-state index is 10.9. The highest BCUT2D eigenvalue weighted by molar-refractivity contribution is 5.55. The van der Waals surface area contributed by atoms with Crippen molar-refractivity contribution in [3.63, 3.8) is 0 Å². The first-order valence-electron chi connectivity index (χ1n) is 6.67. The van der Waals surface area contributed by atoms with Crippen LogP contribution in [0.15, 0.2) is 18.2 Å². The first-order chi connectivity index (χ1) is 8.65. The summed E-state index contributed by atoms with van der Waals surface area (Å²) in [6.45, 7) is 1.78. The van der Waals surface area contributed by atoms with Crippen LogP contribution in [0.3, 0.4) is 0 Å². The molecular formula is C14H18N2O2. The Morgan fingerprint density at radius 3 is 3.00 bits per heavy atom. The van der Waals surface area contributed by atoms with Gasteiger partial charge in [-0.15, -0.1) is 0 Å². The standard InChI is InChI=1S/C14H18N2O2/c1-9-5-6-11(8-14(9)16(17)18)15-13-4-2-3-10-7-12(10)13/h5-6,8,10,12-13,15H,2-4,7H2,1H3/t10-,12+,13?/m0/s1. The summed E-state index contributed by atoms with van der Waals surface area (Å²) in [6, 6.07) is 5.97. The molecule has 2 aliphatic rings. The topological polar surface area (TPSA) is 55.2 Å². The maximum absolute atomic E-state index is 10.9. The smallest absolute Gasteiger partial charge is 0.274 e. The van der Waals surface area contributed by atoms with Crippen molar-refractivity contribution in [3.8, 4) is 0 Å². The second-order valence-electron chi connectivity index (χ2n) is 5.60. The van der Waals surface area contributed by atoms with Gasteiger partial charge in [0.25, 0.3) is 5.69 Å². The van der Waals surface area contributed by atoms with Gasteiger partial charge in [0.1, 0.15) is 0 Å². The number of hydrogen-bond acceptors (Lipinski definition) is 3. The van der Waals surface area contributed by atoms with E-state index in [-0.39, 0.29) is 10.6 Å². The Balaban J connectivity index is 1.76. The molecule has 3 rings (SSSR count). The average molecular weight is 246 g/mol. The second kappa shape index (κ2) is 4.26. The van der Waals surface area contributed by atoms with Gasteiger partial charge in [0, 0.05) is 23.4 Å². The van der Waals surface area contributed by atoms with Crippen molar-refractivity contribution >= 4 is 11.4 Å². The number of hydrogen-bond donors (Lipinski definition) is 1. The Morgan fingerprint density at radius 1 is 1.39 bits per heavy atom. The lowest BCUT2D eigenvalue weighted by molar-refractivity contribution is -0.385. The van der Waals surface area contributed by atoms with Gasteiger partial charge in [0.05, 0.1) is 4.92 Å². The van der Waals surface area contributed by atoms with E-state index in [0.717, 1.165) is 23.1 Å². The van der Waals surface area contributed by atoms with Crippen LogP contribution in [0, 0.1) is 28.9 Å². The van der Waals surface area contributed by atoms with Gasteiger partial charge in [0.2, 0.25) is 0 Å². The number of rotatable bonds is 3. The Bertz CT molecular complexity index is 487. The zero-order valence-electron chi connectivity index (χ0n) is 10.6. The molecule has 0 aromatic heterocycles. The van der Waals surface area contributed by atoms with Crippen LogP contribution in [0.5, 0.6) is 0 Å². The van der Waals surface area contributed by atoms with E-state index in [1.54, 1.807) is 13.0 Å². The van der Waals surface area contributed by atoms with Crippen molar-refractivity contribution < 1.29 is 4.92 Å². The first-order valence-corrected chi connectivity index (χ1v) is 6.67. The number of benzene rings is 1. The Kier molecular flexibility index (Phi) is 2.73. The van der Waals surface area contributed by atoms with Crippen LogP contribution < -0.4 is 5.32 Å². The van der Waals surface area contributed by atoms with E-state index >= 15 is 0 Å². The number of nitrogens with one attached hydrogen (secondary N) is 1. The van der Waals surface area contributed by atoms with Crippen LogP contribution in [-0.2, 0) is 0 Å². The number of fused-ring (bicyclic) bond motifs is 1. The van der Waals surface area contributed by atoms with E-state index < -0.39 is 0 Å². The molecule has 0 heterocycles. The zero-order chi connectivity index (χ0) is 12.7. The van der Waals surface area contributed by atoms with Crippen molar-refractivity contribution in [2.45, 2.75) is 38.6 Å². The lowest BCUT2D eigenvalue weighted by atomic mass is 9.95. The highest BCUT2D eigenvalue weighted by Gasteiger charge is 2.45. The molecule has 0 spiro atoms. The molecule has 0 radical (unpaired) electrons. The number of aryl methyl sites for hydroxylation is 1. The minimum Gasteiger partial charge on any atom is -0.382 e. The van der Waals surface area contributed by atoms with Crippen molar-refractivity contribution in [2.75, 3.05) is 5.32 Å². The SMILES string of the molecule is Cc1ccc(NC2CCC[C@H]3C[C@@H]23)cc1[N+](=O)[O-]. The molecule has 0 aliphatic heterocycles. The number of nitrogens with zero attached hydrogens (tertiary/aromatic N) is 1. The third kappa shape index (κ3) is 2.07. The molecule has 0 saturated heterocycles. The highest BCUT2D eigenvalue weighted by atomic mass is 16.6. The van der Waals surface area contributed by atoms with E-state index in [9.17, 15) is 10.1 Å². The van der Waals surface area contributed by atoms with Gasteiger partial charge in [-0.3, -0.25) is 10.1 Å². The molecule has 2 aliphatic carbocycles. The third-order valence-electron chi connectivity index (χ3n) is 4.34. The average Bonchev–Trinajstić information content (AvgIpc) is 3.11. The van der Waals surface area contributed by atoms with Crippen LogP contribution in [0.2, 0.25) is 0 Å². The molecule has 1 aromatic carbocycles. The van der Waals surface area contributed by atoms with Crippen LogP contribution in [0.4, 0.5) is 11.4 Å². The maximum Gasteiger partial charge on any atom is 0.274 e. The molecule has 4 heteroatoms. The summed E-state index contributed by atoms with van der Waals surface area (Å²) in [5.74, 6) is 1.72. The molecule has 2 saturated carbocycles. The van der Waals surface area contributed by atoms with Crippen LogP contribution in [0.1, 0.15) is 31.2 Å². The van der Waals surface area contributed by atoms with E-state index in [1.165, 1.54) is 25.7 Å². The lowest BCUT2D eigenvalue weighted by Gasteiger charge is -2.23. The summed E-state index contributed by atoms with van der Waals surface area (Å²) in [7, 11) is 0. The van der Waals surface area contributed by atoms with Gasteiger partial charge >= 0.3 is 0 Å². The molecule has 1 unspecified atom stereocenters. The summed E-state index contributed by atoms with van der Waals surface area (Å²) >= 11 is 0. The molecule has 0 bridgehead atoms. The normalized spacial score (nSPS) is 29.5. The molecule has 1 aromatic rings. The van der Waals surface area contributed by atoms with Gasteiger partial charge < -0.3 is 5.32 Å². The largest absolute Gasteiger partial charge is 0.382 e. The Hall–Kier alpha value is -1.58. The second-order valence-corrected chi connectivity index (χ2v) is 5.60. The van der Waals surface area contributed by atoms with E-state index in [0.29, 0.717) is 6.04 Å². The number of nitro groups is 1. The van der Waals surface area contributed by atoms with Gasteiger partial charge in [0.15, 0.2) is 0 Å². The molecule has 96 valence electrons. The summed E-state index contributed by atoms with van der Waals surface area (Å²) in [5, 5.41) is 14.4. The summed E-state index contributed by atoms with van der Waals surface area (Å²) in [5.41, 5.74) is 1.83. The van der Waals surface area contributed by atoms with Crippen molar-refractivity contribution in [1.29, 1.82) is 0 Å². The van der Waals surface area contributed by atoms with Crippen molar-refractivity contribution in [2.24, 2.45) is 11.8 Å². The lowest BCUT2D eigenvalue weighted by Crippen LogP contribution is -2.25. The molecule has 1 N–H and O–H groups in total. The highest BCUT2D eigenvalue weighted by Crippen LogP contribution is 2.50. The summed E-state index contributed by atoms with van der Waals surface area (Å²) in [4.78, 5) is 10.6. The van der Waals surface area contributed by atoms with Crippen molar-refractivity contribution in [1.82, 2.24) is 0 Å². The summed E-state index contributed by atoms with van der Waals surface area (Å²) < 4.78 is 0. The third-order valence-corrected chi connectivity index (χ3v) is 4.34. The fourth-order valence-electron chi connectivity index (χ4n) is 3.20. The molecule has 2 fully saturated rings. The van der Waals surface area contributed by atoms with E-state index in [2.05, 4.69) is 5.32 Å². The minimum atomic E-state index is -0.304. The zero-order valence-corrected chi connectivity index (χ0v) is 10.6. The monoisotopic (exact) mass is 246 g/mol. The first kappa shape index (κ1) is 11.5. The van der Waals surface area contributed by atoms with Gasteiger partial charge in [-0.2, -0.15) is 0 Å². The van der Waals surface area contributed by atoms with E-state index in [1.807, 2.05) is 12.1 Å². The predicted molar refractivity (Wildman–Crippen MR) is 70.7 cm³/mol. The van der Waals surface area contributed by atoms with Crippen molar-refractivity contribution in [3.05, 3.63) is 33.9 Å². The molecule has 3 atom stereocenters. The number of nitro benzene ring substituents is 1. The van der Waals surface area contributed by atoms with Gasteiger partial charge in [-0.25, -0.2) is 0 Å². The van der Waals surface area contributed by atoms with Crippen LogP contribution >= 0.6 is 0 Å². The molecule has 18 heavy (non-hydrogen) atoms. The van der Waals surface area contributed by atoms with E-state index in [4.69, 9.17) is 0 Å². The molecule has 4 nitrogen and oxygen atoms in total. The Morgan fingerprint density at radius 2 is 2.22 bits per heavy atom. The minimum absolute atomic E-state index is 0.211. The van der Waals surface area contributed by atoms with Gasteiger partial charge in [-0.1, -0.05) is 18.9 Å². The molecule has 0 amide bonds. The Labute approximate surface area is 107 Å². The fraction of sp³-hybridized carbons (Fsp3) is 0.571. The van der Waals surface area contributed by atoms with Crippen LogP contribution in [-0.4, -0.2) is 11.0 Å². The molecular weight excluding hydrogens is 228 g/mol. The summed E-state index contributed by atoms with van der Waals surface area (Å²) in [6.07, 6.45) is 5.19. The quantitative estimate of drug-likeness (QED) is 0.656. The predicted octanol–water partition coefficient (Wildman–Crippen LogP) is 3.50. The fourth-order valence-corrected chi connectivity index (χ4v) is 3.20.